The Bertz CT molecular complexity index is 904. The number of fused-ring (bicyclic) bond motifs is 1. The predicted molar refractivity (Wildman–Crippen MR) is 136 cm³/mol. The van der Waals surface area contributed by atoms with Gasteiger partial charge in [0.15, 0.2) is 5.96 Å². The van der Waals surface area contributed by atoms with Crippen molar-refractivity contribution in [3.8, 4) is 11.5 Å². The van der Waals surface area contributed by atoms with Crippen LogP contribution in [0.15, 0.2) is 47.5 Å². The number of carbonyl (C=O) groups excluding carboxylic acids is 1. The Morgan fingerprint density at radius 3 is 2.71 bits per heavy atom. The topological polar surface area (TPSA) is 89.2 Å². The fourth-order valence-electron chi connectivity index (χ4n) is 3.48. The predicted octanol–water partition coefficient (Wildman–Crippen LogP) is 4.20. The van der Waals surface area contributed by atoms with Crippen LogP contribution in [0, 0.1) is 0 Å². The van der Waals surface area contributed by atoms with Crippen LogP contribution in [0.2, 0.25) is 0 Å². The van der Waals surface area contributed by atoms with Crippen LogP contribution in [0.1, 0.15) is 32.3 Å². The summed E-state index contributed by atoms with van der Waals surface area (Å²) in [4.78, 5) is 18.8. The number of aliphatic imine (C=N–C) groups is 1. The van der Waals surface area contributed by atoms with Gasteiger partial charge in [-0.15, -0.1) is 24.0 Å². The lowest BCUT2D eigenvalue weighted by atomic mass is 10.2. The number of ether oxygens (including phenoxy) is 2. The molecule has 0 aromatic heterocycles. The highest BCUT2D eigenvalue weighted by molar-refractivity contribution is 14.0. The fourth-order valence-corrected chi connectivity index (χ4v) is 3.48. The lowest BCUT2D eigenvalue weighted by molar-refractivity contribution is -0.118. The van der Waals surface area contributed by atoms with E-state index in [4.69, 9.17) is 15.2 Å². The van der Waals surface area contributed by atoms with Crippen molar-refractivity contribution in [1.82, 2.24) is 0 Å². The number of amides is 1. The molecule has 1 amide bonds. The Labute approximate surface area is 201 Å². The lowest BCUT2D eigenvalue weighted by Gasteiger charge is -2.17. The van der Waals surface area contributed by atoms with Gasteiger partial charge in [0.2, 0.25) is 5.91 Å². The summed E-state index contributed by atoms with van der Waals surface area (Å²) in [7, 11) is 0. The van der Waals surface area contributed by atoms with Gasteiger partial charge in [0.05, 0.1) is 18.9 Å². The molecule has 0 spiro atoms. The maximum Gasteiger partial charge on any atom is 0.227 e. The van der Waals surface area contributed by atoms with Gasteiger partial charge in [0.1, 0.15) is 11.5 Å². The Hall–Kier alpha value is -2.49. The van der Waals surface area contributed by atoms with Crippen molar-refractivity contribution in [1.29, 1.82) is 0 Å². The van der Waals surface area contributed by atoms with E-state index in [2.05, 4.69) is 16.4 Å². The molecule has 3 rings (SSSR count). The molecule has 0 saturated carbocycles. The van der Waals surface area contributed by atoms with Gasteiger partial charge >= 0.3 is 0 Å². The summed E-state index contributed by atoms with van der Waals surface area (Å²) < 4.78 is 11.2. The highest BCUT2D eigenvalue weighted by Crippen LogP contribution is 2.30. The van der Waals surface area contributed by atoms with Gasteiger partial charge in [-0.2, -0.15) is 0 Å². The molecule has 0 fully saturated rings. The van der Waals surface area contributed by atoms with E-state index in [1.54, 1.807) is 0 Å². The number of halogens is 1. The zero-order chi connectivity index (χ0) is 21.3. The van der Waals surface area contributed by atoms with Crippen LogP contribution >= 0.6 is 24.0 Å². The molecule has 0 bridgehead atoms. The van der Waals surface area contributed by atoms with Gasteiger partial charge in [0, 0.05) is 31.3 Å². The average Bonchev–Trinajstić information content (AvgIpc) is 3.17. The Morgan fingerprint density at radius 2 is 1.94 bits per heavy atom. The van der Waals surface area contributed by atoms with Crippen LogP contribution < -0.4 is 25.4 Å². The van der Waals surface area contributed by atoms with Gasteiger partial charge in [-0.05, 0) is 50.5 Å². The number of nitrogens with one attached hydrogen (secondary N) is 1. The number of guanidine groups is 1. The molecule has 1 aliphatic heterocycles. The van der Waals surface area contributed by atoms with Crippen LogP contribution in [0.5, 0.6) is 11.5 Å². The molecule has 8 heteroatoms. The Kier molecular flexibility index (Phi) is 9.90. The number of hydrogen-bond acceptors (Lipinski definition) is 4. The normalized spacial score (nSPS) is 12.7. The number of nitrogens with two attached hydrogens (primary N) is 1. The molecule has 1 aliphatic rings. The van der Waals surface area contributed by atoms with Gasteiger partial charge in [0.25, 0.3) is 0 Å². The van der Waals surface area contributed by atoms with E-state index < -0.39 is 0 Å². The molecule has 1 heterocycles. The van der Waals surface area contributed by atoms with Gasteiger partial charge in [-0.3, -0.25) is 9.79 Å². The fraction of sp³-hybridized carbons (Fsp3) is 0.391. The molecule has 7 nitrogen and oxygen atoms in total. The largest absolute Gasteiger partial charge is 0.494 e. The second kappa shape index (κ2) is 12.4. The molecule has 0 saturated heterocycles. The summed E-state index contributed by atoms with van der Waals surface area (Å²) in [6, 6.07) is 13.6. The van der Waals surface area contributed by atoms with E-state index in [-0.39, 0.29) is 35.8 Å². The maximum atomic E-state index is 12.6. The van der Waals surface area contributed by atoms with Gasteiger partial charge in [-0.1, -0.05) is 18.2 Å². The maximum absolute atomic E-state index is 12.6. The minimum atomic E-state index is 0. The number of benzene rings is 2. The smallest absolute Gasteiger partial charge is 0.227 e. The summed E-state index contributed by atoms with van der Waals surface area (Å²) in [6.45, 7) is 6.19. The van der Waals surface area contributed by atoms with Crippen molar-refractivity contribution in [3.05, 3.63) is 48.0 Å². The quantitative estimate of drug-likeness (QED) is 0.216. The van der Waals surface area contributed by atoms with Crippen molar-refractivity contribution >= 4 is 47.2 Å². The first-order valence-corrected chi connectivity index (χ1v) is 10.5. The Balaban J connectivity index is 0.00000341. The summed E-state index contributed by atoms with van der Waals surface area (Å²) in [5.41, 5.74) is 9.01. The van der Waals surface area contributed by atoms with E-state index >= 15 is 0 Å². The molecule has 2 aromatic rings. The van der Waals surface area contributed by atoms with Crippen LogP contribution in [-0.2, 0) is 11.2 Å². The summed E-state index contributed by atoms with van der Waals surface area (Å²) in [6.07, 6.45) is 1.99. The number of para-hydroxylation sites is 1. The molecule has 0 aliphatic carbocycles. The number of nitrogens with zero attached hydrogens (tertiary/aromatic N) is 2. The third-order valence-corrected chi connectivity index (χ3v) is 4.84. The monoisotopic (exact) mass is 538 g/mol. The van der Waals surface area contributed by atoms with Crippen molar-refractivity contribution in [2.24, 2.45) is 10.7 Å². The summed E-state index contributed by atoms with van der Waals surface area (Å²) >= 11 is 0. The van der Waals surface area contributed by atoms with Crippen molar-refractivity contribution < 1.29 is 14.3 Å². The van der Waals surface area contributed by atoms with Crippen LogP contribution in [0.4, 0.5) is 11.4 Å². The first-order chi connectivity index (χ1) is 14.6. The SMILES string of the molecule is CCOc1ccc(OCC)c(NC(N)=NCCCC(=O)N2CCc3ccccc32)c1.I. The molecular weight excluding hydrogens is 507 g/mol. The van der Waals surface area contributed by atoms with E-state index in [0.717, 1.165) is 24.4 Å². The van der Waals surface area contributed by atoms with Crippen LogP contribution in [0.25, 0.3) is 0 Å². The van der Waals surface area contributed by atoms with E-state index in [1.165, 1.54) is 5.56 Å². The molecule has 0 radical (unpaired) electrons. The minimum Gasteiger partial charge on any atom is -0.494 e. The third kappa shape index (κ3) is 6.75. The molecular formula is C23H31IN4O3. The van der Waals surface area contributed by atoms with Crippen molar-refractivity contribution in [3.63, 3.8) is 0 Å². The van der Waals surface area contributed by atoms with E-state index in [1.807, 2.05) is 55.1 Å². The molecule has 31 heavy (non-hydrogen) atoms. The second-order valence-corrected chi connectivity index (χ2v) is 6.94. The molecule has 168 valence electrons. The highest BCUT2D eigenvalue weighted by Gasteiger charge is 2.23. The average molecular weight is 538 g/mol. The van der Waals surface area contributed by atoms with E-state index in [0.29, 0.717) is 44.0 Å². The first-order valence-electron chi connectivity index (χ1n) is 10.5. The third-order valence-electron chi connectivity index (χ3n) is 4.84. The van der Waals surface area contributed by atoms with Crippen molar-refractivity contribution in [2.45, 2.75) is 33.1 Å². The molecule has 2 aromatic carbocycles. The zero-order valence-electron chi connectivity index (χ0n) is 18.1. The first kappa shape index (κ1) is 24.8. The van der Waals surface area contributed by atoms with Crippen LogP contribution in [-0.4, -0.2) is 38.2 Å². The van der Waals surface area contributed by atoms with Crippen molar-refractivity contribution in [2.75, 3.05) is 36.5 Å². The number of hydrogen-bond donors (Lipinski definition) is 2. The molecule has 0 unspecified atom stereocenters. The minimum absolute atomic E-state index is 0. The second-order valence-electron chi connectivity index (χ2n) is 6.94. The molecule has 0 atom stereocenters. The number of rotatable bonds is 9. The zero-order valence-corrected chi connectivity index (χ0v) is 20.4. The Morgan fingerprint density at radius 1 is 1.16 bits per heavy atom. The van der Waals surface area contributed by atoms with E-state index in [9.17, 15) is 4.79 Å². The van der Waals surface area contributed by atoms with Gasteiger partial charge < -0.3 is 25.4 Å². The highest BCUT2D eigenvalue weighted by atomic mass is 127. The summed E-state index contributed by atoms with van der Waals surface area (Å²) in [5.74, 6) is 1.82. The molecule has 3 N–H and O–H groups in total. The number of anilines is 2. The summed E-state index contributed by atoms with van der Waals surface area (Å²) in [5, 5.41) is 3.08. The number of carbonyl (C=O) groups is 1. The lowest BCUT2D eigenvalue weighted by Crippen LogP contribution is -2.28. The standard InChI is InChI=1S/C23H30N4O3.HI/c1-3-29-18-11-12-21(30-4-2)19(16-18)26-23(24)25-14-7-10-22(28)27-15-13-17-8-5-6-9-20(17)27;/h5-6,8-9,11-12,16H,3-4,7,10,13-15H2,1-2H3,(H3,24,25,26);1H. The van der Waals surface area contributed by atoms with Gasteiger partial charge in [-0.25, -0.2) is 0 Å². The van der Waals surface area contributed by atoms with Crippen LogP contribution in [0.3, 0.4) is 0 Å².